The standard InChI is InChI=1S/C9H16N4O6S2/c1-19-5-3-12(2-4-14)21(17,18)8-6-7(13(15)16)9(11-10)20-8/h6,11,14H,2-5,10H2,1H3. The number of aliphatic hydroxyl groups excluding tert-OH is 1. The Bertz CT molecular complexity index is 587. The molecule has 0 aromatic carbocycles. The molecule has 4 N–H and O–H groups in total. The molecule has 0 amide bonds. The number of sulfonamides is 1. The second-order valence-corrected chi connectivity index (χ2v) is 7.02. The van der Waals surface area contributed by atoms with E-state index in [4.69, 9.17) is 15.7 Å². The minimum atomic E-state index is -3.97. The van der Waals surface area contributed by atoms with E-state index >= 15 is 0 Å². The molecule has 10 nitrogen and oxygen atoms in total. The summed E-state index contributed by atoms with van der Waals surface area (Å²) in [5, 5.41) is 19.7. The number of nitrogen functional groups attached to an aromatic ring is 1. The van der Waals surface area contributed by atoms with Crippen LogP contribution in [0, 0.1) is 10.1 Å². The number of nitrogens with zero attached hydrogens (tertiary/aromatic N) is 2. The van der Waals surface area contributed by atoms with Gasteiger partial charge in [0, 0.05) is 26.3 Å². The molecule has 0 aliphatic carbocycles. The van der Waals surface area contributed by atoms with Gasteiger partial charge >= 0.3 is 5.69 Å². The second-order valence-electron chi connectivity index (χ2n) is 3.80. The van der Waals surface area contributed by atoms with Crippen LogP contribution in [0.25, 0.3) is 0 Å². The van der Waals surface area contributed by atoms with Gasteiger partial charge in [-0.3, -0.25) is 10.1 Å². The zero-order valence-corrected chi connectivity index (χ0v) is 12.8. The number of hydrogen-bond donors (Lipinski definition) is 3. The first-order valence-corrected chi connectivity index (χ1v) is 7.99. The van der Waals surface area contributed by atoms with E-state index in [0.717, 1.165) is 10.4 Å². The SMILES string of the molecule is COCCN(CCO)S(=O)(=O)c1cc([N+](=O)[O-])c(NN)s1. The summed E-state index contributed by atoms with van der Waals surface area (Å²) >= 11 is 0.653. The van der Waals surface area contributed by atoms with Crippen LogP contribution in [0.3, 0.4) is 0 Å². The molecule has 0 fully saturated rings. The number of ether oxygens (including phenoxy) is 1. The first kappa shape index (κ1) is 17.7. The van der Waals surface area contributed by atoms with Crippen molar-refractivity contribution in [1.82, 2.24) is 4.31 Å². The number of nitrogens with one attached hydrogen (secondary N) is 1. The van der Waals surface area contributed by atoms with E-state index in [0.29, 0.717) is 11.3 Å². The Balaban J connectivity index is 3.18. The molecule has 0 spiro atoms. The van der Waals surface area contributed by atoms with Crippen molar-refractivity contribution in [1.29, 1.82) is 0 Å². The third-order valence-corrected chi connectivity index (χ3v) is 5.91. The van der Waals surface area contributed by atoms with Gasteiger partial charge in [-0.05, 0) is 0 Å². The van der Waals surface area contributed by atoms with Crippen molar-refractivity contribution in [2.75, 3.05) is 38.8 Å². The van der Waals surface area contributed by atoms with Crippen LogP contribution in [0.5, 0.6) is 0 Å². The summed E-state index contributed by atoms with van der Waals surface area (Å²) < 4.78 is 30.4. The van der Waals surface area contributed by atoms with Gasteiger partial charge in [-0.1, -0.05) is 11.3 Å². The Morgan fingerprint density at radius 2 is 2.24 bits per heavy atom. The predicted octanol–water partition coefficient (Wildman–Crippen LogP) is -0.429. The van der Waals surface area contributed by atoms with E-state index < -0.39 is 20.6 Å². The Hall–Kier alpha value is -1.31. The number of anilines is 1. The van der Waals surface area contributed by atoms with E-state index in [9.17, 15) is 18.5 Å². The van der Waals surface area contributed by atoms with Crippen LogP contribution in [0.2, 0.25) is 0 Å². The fraction of sp³-hybridized carbons (Fsp3) is 0.556. The molecule has 0 aliphatic heterocycles. The molecule has 0 atom stereocenters. The zero-order valence-electron chi connectivity index (χ0n) is 11.2. The molecule has 1 aromatic heterocycles. The lowest BCUT2D eigenvalue weighted by atomic mass is 10.5. The van der Waals surface area contributed by atoms with Crippen molar-refractivity contribution >= 4 is 32.0 Å². The molecule has 1 rings (SSSR count). The maximum atomic E-state index is 12.4. The van der Waals surface area contributed by atoms with Crippen molar-refractivity contribution in [3.8, 4) is 0 Å². The highest BCUT2D eigenvalue weighted by atomic mass is 32.2. The minimum Gasteiger partial charge on any atom is -0.395 e. The molecule has 1 aromatic rings. The zero-order chi connectivity index (χ0) is 16.0. The van der Waals surface area contributed by atoms with Gasteiger partial charge in [0.25, 0.3) is 10.0 Å². The van der Waals surface area contributed by atoms with Gasteiger partial charge in [0.05, 0.1) is 18.1 Å². The van der Waals surface area contributed by atoms with E-state index in [1.807, 2.05) is 0 Å². The van der Waals surface area contributed by atoms with Crippen molar-refractivity contribution < 1.29 is 23.2 Å². The molecule has 120 valence electrons. The smallest absolute Gasteiger partial charge is 0.306 e. The van der Waals surface area contributed by atoms with E-state index in [-0.39, 0.29) is 35.5 Å². The van der Waals surface area contributed by atoms with Gasteiger partial charge in [0.1, 0.15) is 4.21 Å². The Kier molecular flexibility index (Phi) is 6.44. The maximum Gasteiger partial charge on any atom is 0.306 e. The third-order valence-electron chi connectivity index (χ3n) is 2.51. The van der Waals surface area contributed by atoms with E-state index in [1.54, 1.807) is 0 Å². The lowest BCUT2D eigenvalue weighted by Gasteiger charge is -2.19. The first-order chi connectivity index (χ1) is 9.88. The molecule has 0 saturated heterocycles. The van der Waals surface area contributed by atoms with Gasteiger partial charge in [0.15, 0.2) is 5.00 Å². The number of rotatable bonds is 9. The molecule has 1 heterocycles. The molecule has 12 heteroatoms. The summed E-state index contributed by atoms with van der Waals surface area (Å²) in [6.45, 7) is -0.355. The number of aliphatic hydroxyl groups is 1. The normalized spacial score (nSPS) is 11.8. The lowest BCUT2D eigenvalue weighted by molar-refractivity contribution is -0.383. The average Bonchev–Trinajstić information content (AvgIpc) is 2.88. The van der Waals surface area contributed by atoms with E-state index in [1.165, 1.54) is 7.11 Å². The Morgan fingerprint density at radius 3 is 2.67 bits per heavy atom. The molecule has 0 saturated carbocycles. The van der Waals surface area contributed by atoms with Gasteiger partial charge in [-0.2, -0.15) is 4.31 Å². The minimum absolute atomic E-state index is 0.0243. The quantitative estimate of drug-likeness (QED) is 0.311. The van der Waals surface area contributed by atoms with E-state index in [2.05, 4.69) is 5.43 Å². The molecule has 0 aliphatic rings. The summed E-state index contributed by atoms with van der Waals surface area (Å²) in [4.78, 5) is 10.1. The summed E-state index contributed by atoms with van der Waals surface area (Å²) in [7, 11) is -2.56. The third kappa shape index (κ3) is 4.09. The van der Waals surface area contributed by atoms with Crippen LogP contribution in [0.1, 0.15) is 0 Å². The number of methoxy groups -OCH3 is 1. The van der Waals surface area contributed by atoms with Crippen LogP contribution in [0.4, 0.5) is 10.7 Å². The highest BCUT2D eigenvalue weighted by Crippen LogP contribution is 2.37. The van der Waals surface area contributed by atoms with Crippen molar-refractivity contribution in [2.45, 2.75) is 4.21 Å². The molecule has 21 heavy (non-hydrogen) atoms. The number of hydrazine groups is 1. The van der Waals surface area contributed by atoms with Crippen molar-refractivity contribution in [3.05, 3.63) is 16.2 Å². The van der Waals surface area contributed by atoms with Crippen LogP contribution in [-0.2, 0) is 14.8 Å². The lowest BCUT2D eigenvalue weighted by Crippen LogP contribution is -2.35. The highest BCUT2D eigenvalue weighted by Gasteiger charge is 2.30. The van der Waals surface area contributed by atoms with Crippen molar-refractivity contribution in [2.24, 2.45) is 5.84 Å². The van der Waals surface area contributed by atoms with Gasteiger partial charge in [-0.15, -0.1) is 0 Å². The van der Waals surface area contributed by atoms with Gasteiger partial charge < -0.3 is 15.3 Å². The van der Waals surface area contributed by atoms with Crippen LogP contribution >= 0.6 is 11.3 Å². The van der Waals surface area contributed by atoms with Crippen LogP contribution < -0.4 is 11.3 Å². The average molecular weight is 340 g/mol. The summed E-state index contributed by atoms with van der Waals surface area (Å²) in [5.41, 5.74) is 1.68. The molecule has 0 radical (unpaired) electrons. The fourth-order valence-electron chi connectivity index (χ4n) is 1.51. The molecular weight excluding hydrogens is 324 g/mol. The number of nitrogens with two attached hydrogens (primary N) is 1. The topological polar surface area (TPSA) is 148 Å². The maximum absolute atomic E-state index is 12.4. The number of thiophene rings is 1. The molecular formula is C9H16N4O6S2. The Labute approximate surface area is 125 Å². The predicted molar refractivity (Wildman–Crippen MR) is 76.5 cm³/mol. The largest absolute Gasteiger partial charge is 0.395 e. The van der Waals surface area contributed by atoms with Crippen LogP contribution in [-0.4, -0.2) is 56.2 Å². The number of nitro groups is 1. The first-order valence-electron chi connectivity index (χ1n) is 5.73. The van der Waals surface area contributed by atoms with Gasteiger partial charge in [-0.25, -0.2) is 14.3 Å². The fourth-order valence-corrected chi connectivity index (χ4v) is 4.32. The van der Waals surface area contributed by atoms with Crippen molar-refractivity contribution in [3.63, 3.8) is 0 Å². The summed E-state index contributed by atoms with van der Waals surface area (Å²) in [6.07, 6.45) is 0. The Morgan fingerprint density at radius 1 is 1.57 bits per heavy atom. The molecule has 0 unspecified atom stereocenters. The molecule has 0 bridgehead atoms. The van der Waals surface area contributed by atoms with Gasteiger partial charge in [0.2, 0.25) is 0 Å². The monoisotopic (exact) mass is 340 g/mol. The van der Waals surface area contributed by atoms with Crippen LogP contribution in [0.15, 0.2) is 10.3 Å². The highest BCUT2D eigenvalue weighted by molar-refractivity contribution is 7.91. The second kappa shape index (κ2) is 7.63. The summed E-state index contributed by atoms with van der Waals surface area (Å²) in [6, 6.07) is 0.937. The number of hydrogen-bond acceptors (Lipinski definition) is 9. The summed E-state index contributed by atoms with van der Waals surface area (Å²) in [5.74, 6) is 5.15.